The third kappa shape index (κ3) is 2.48. The first-order valence-electron chi connectivity index (χ1n) is 8.93. The Morgan fingerprint density at radius 2 is 1.92 bits per heavy atom. The largest absolute Gasteiger partial charge is 0.496 e. The molecule has 2 aromatic carbocycles. The summed E-state index contributed by atoms with van der Waals surface area (Å²) >= 11 is 0. The minimum atomic E-state index is -0.301. The molecule has 134 valence electrons. The Kier molecular flexibility index (Phi) is 4.19. The Morgan fingerprint density at radius 1 is 1.12 bits per heavy atom. The van der Waals surface area contributed by atoms with Gasteiger partial charge in [0, 0.05) is 17.2 Å². The SMILES string of the molecule is COC(=O)c1ccc2c(c1C)N[C@H](c1ccccc1OC)[C@@H]1CC=C[C@@H]21. The topological polar surface area (TPSA) is 47.6 Å². The van der Waals surface area contributed by atoms with Gasteiger partial charge >= 0.3 is 5.97 Å². The number of carbonyl (C=O) groups is 1. The number of hydrogen-bond acceptors (Lipinski definition) is 4. The van der Waals surface area contributed by atoms with Crippen LogP contribution in [0.4, 0.5) is 5.69 Å². The summed E-state index contributed by atoms with van der Waals surface area (Å²) in [5.41, 5.74) is 4.99. The number of allylic oxidation sites excluding steroid dienone is 2. The van der Waals surface area contributed by atoms with E-state index in [1.807, 2.05) is 31.2 Å². The third-order valence-electron chi connectivity index (χ3n) is 5.68. The van der Waals surface area contributed by atoms with E-state index < -0.39 is 0 Å². The van der Waals surface area contributed by atoms with Gasteiger partial charge in [0.1, 0.15) is 5.75 Å². The summed E-state index contributed by atoms with van der Waals surface area (Å²) in [6.45, 7) is 1.98. The summed E-state index contributed by atoms with van der Waals surface area (Å²) in [4.78, 5) is 12.1. The molecule has 3 atom stereocenters. The summed E-state index contributed by atoms with van der Waals surface area (Å²) in [5.74, 6) is 1.36. The van der Waals surface area contributed by atoms with Crippen LogP contribution in [-0.4, -0.2) is 20.2 Å². The molecule has 0 saturated carbocycles. The zero-order chi connectivity index (χ0) is 18.3. The van der Waals surface area contributed by atoms with Crippen molar-refractivity contribution in [1.29, 1.82) is 0 Å². The van der Waals surface area contributed by atoms with Crippen molar-refractivity contribution in [2.24, 2.45) is 5.92 Å². The highest BCUT2D eigenvalue weighted by Crippen LogP contribution is 2.52. The minimum Gasteiger partial charge on any atom is -0.496 e. The first-order chi connectivity index (χ1) is 12.7. The molecule has 0 bridgehead atoms. The van der Waals surface area contributed by atoms with Crippen molar-refractivity contribution in [3.63, 3.8) is 0 Å². The molecule has 1 aliphatic heterocycles. The molecule has 0 amide bonds. The minimum absolute atomic E-state index is 0.130. The zero-order valence-electron chi connectivity index (χ0n) is 15.3. The van der Waals surface area contributed by atoms with Gasteiger partial charge in [0.15, 0.2) is 0 Å². The summed E-state index contributed by atoms with van der Waals surface area (Å²) in [5, 5.41) is 3.72. The van der Waals surface area contributed by atoms with Gasteiger partial charge in [0.25, 0.3) is 0 Å². The molecule has 2 aromatic rings. The molecule has 0 radical (unpaired) electrons. The standard InChI is InChI=1S/C22H23NO3/c1-13-14(22(24)26-3)11-12-17-15-8-6-9-16(15)21(23-20(13)17)18-7-4-5-10-19(18)25-2/h4-8,10-12,15-16,21,23H,9H2,1-3H3/t15-,16-,21+/m1/s1. The van der Waals surface area contributed by atoms with E-state index in [1.165, 1.54) is 12.7 Å². The number of hydrogen-bond donors (Lipinski definition) is 1. The van der Waals surface area contributed by atoms with Gasteiger partial charge in [0.2, 0.25) is 0 Å². The summed E-state index contributed by atoms with van der Waals surface area (Å²) < 4.78 is 10.6. The number of para-hydroxylation sites is 1. The van der Waals surface area contributed by atoms with Gasteiger partial charge in [-0.25, -0.2) is 4.79 Å². The van der Waals surface area contributed by atoms with Crippen molar-refractivity contribution >= 4 is 11.7 Å². The highest BCUT2D eigenvalue weighted by Gasteiger charge is 2.39. The molecule has 0 aromatic heterocycles. The lowest BCUT2D eigenvalue weighted by atomic mass is 9.75. The number of fused-ring (bicyclic) bond motifs is 3. The lowest BCUT2D eigenvalue weighted by Gasteiger charge is -2.39. The van der Waals surface area contributed by atoms with Crippen molar-refractivity contribution in [3.8, 4) is 5.75 Å². The number of benzene rings is 2. The number of carbonyl (C=O) groups excluding carboxylic acids is 1. The Hall–Kier alpha value is -2.75. The Labute approximate surface area is 153 Å². The Bertz CT molecular complexity index is 887. The van der Waals surface area contributed by atoms with E-state index in [0.29, 0.717) is 17.4 Å². The number of rotatable bonds is 3. The lowest BCUT2D eigenvalue weighted by Crippen LogP contribution is -2.30. The van der Waals surface area contributed by atoms with Crippen LogP contribution in [0.1, 0.15) is 45.4 Å². The zero-order valence-corrected chi connectivity index (χ0v) is 15.3. The fraction of sp³-hybridized carbons (Fsp3) is 0.318. The van der Waals surface area contributed by atoms with E-state index in [0.717, 1.165) is 29.0 Å². The summed E-state index contributed by atoms with van der Waals surface area (Å²) in [7, 11) is 3.13. The first-order valence-corrected chi connectivity index (χ1v) is 8.93. The summed E-state index contributed by atoms with van der Waals surface area (Å²) in [6.07, 6.45) is 5.58. The van der Waals surface area contributed by atoms with Gasteiger partial charge in [-0.2, -0.15) is 0 Å². The van der Waals surface area contributed by atoms with Crippen LogP contribution in [0.15, 0.2) is 48.6 Å². The average Bonchev–Trinajstić information content (AvgIpc) is 3.17. The van der Waals surface area contributed by atoms with Gasteiger partial charge < -0.3 is 14.8 Å². The van der Waals surface area contributed by atoms with E-state index in [4.69, 9.17) is 9.47 Å². The molecule has 0 fully saturated rings. The Balaban J connectivity index is 1.84. The maximum absolute atomic E-state index is 12.1. The van der Waals surface area contributed by atoms with Crippen LogP contribution in [0.5, 0.6) is 5.75 Å². The maximum atomic E-state index is 12.1. The molecule has 2 aliphatic rings. The smallest absolute Gasteiger partial charge is 0.338 e. The molecule has 4 rings (SSSR count). The molecule has 26 heavy (non-hydrogen) atoms. The van der Waals surface area contributed by atoms with E-state index in [9.17, 15) is 4.79 Å². The predicted octanol–water partition coefficient (Wildman–Crippen LogP) is 4.62. The van der Waals surface area contributed by atoms with Crippen LogP contribution in [-0.2, 0) is 4.74 Å². The van der Waals surface area contributed by atoms with Crippen LogP contribution >= 0.6 is 0 Å². The third-order valence-corrected chi connectivity index (χ3v) is 5.68. The average molecular weight is 349 g/mol. The highest BCUT2D eigenvalue weighted by atomic mass is 16.5. The van der Waals surface area contributed by atoms with Crippen molar-refractivity contribution in [2.45, 2.75) is 25.3 Å². The molecule has 4 heteroatoms. The van der Waals surface area contributed by atoms with E-state index in [1.54, 1.807) is 7.11 Å². The van der Waals surface area contributed by atoms with Crippen molar-refractivity contribution in [2.75, 3.05) is 19.5 Å². The molecule has 4 nitrogen and oxygen atoms in total. The number of esters is 1. The fourth-order valence-corrected chi connectivity index (χ4v) is 4.38. The van der Waals surface area contributed by atoms with E-state index >= 15 is 0 Å². The molecule has 1 heterocycles. The molecular weight excluding hydrogens is 326 g/mol. The van der Waals surface area contributed by atoms with Gasteiger partial charge in [0.05, 0.1) is 25.8 Å². The van der Waals surface area contributed by atoms with Crippen LogP contribution in [0.3, 0.4) is 0 Å². The molecular formula is C22H23NO3. The van der Waals surface area contributed by atoms with Crippen LogP contribution in [0.2, 0.25) is 0 Å². The van der Waals surface area contributed by atoms with Crippen molar-refractivity contribution in [1.82, 2.24) is 0 Å². The van der Waals surface area contributed by atoms with Gasteiger partial charge in [-0.3, -0.25) is 0 Å². The fourth-order valence-electron chi connectivity index (χ4n) is 4.38. The van der Waals surface area contributed by atoms with Gasteiger partial charge in [-0.15, -0.1) is 0 Å². The Morgan fingerprint density at radius 3 is 2.69 bits per heavy atom. The quantitative estimate of drug-likeness (QED) is 0.649. The molecule has 0 unspecified atom stereocenters. The maximum Gasteiger partial charge on any atom is 0.338 e. The van der Waals surface area contributed by atoms with Gasteiger partial charge in [-0.1, -0.05) is 36.4 Å². The van der Waals surface area contributed by atoms with Gasteiger partial charge in [-0.05, 0) is 42.5 Å². The summed E-state index contributed by atoms with van der Waals surface area (Å²) in [6, 6.07) is 12.2. The molecule has 0 spiro atoms. The molecule has 1 aliphatic carbocycles. The predicted molar refractivity (Wildman–Crippen MR) is 102 cm³/mol. The molecule has 1 N–H and O–H groups in total. The van der Waals surface area contributed by atoms with Crippen LogP contribution < -0.4 is 10.1 Å². The number of anilines is 1. The van der Waals surface area contributed by atoms with Crippen LogP contribution in [0.25, 0.3) is 0 Å². The lowest BCUT2D eigenvalue weighted by molar-refractivity contribution is 0.0600. The number of methoxy groups -OCH3 is 2. The second kappa shape index (κ2) is 6.52. The second-order valence-electron chi connectivity index (χ2n) is 6.91. The number of nitrogens with one attached hydrogen (secondary N) is 1. The van der Waals surface area contributed by atoms with Crippen molar-refractivity contribution in [3.05, 3.63) is 70.8 Å². The second-order valence-corrected chi connectivity index (χ2v) is 6.91. The van der Waals surface area contributed by atoms with Crippen LogP contribution in [0, 0.1) is 12.8 Å². The van der Waals surface area contributed by atoms with E-state index in [-0.39, 0.29) is 12.0 Å². The first kappa shape index (κ1) is 16.7. The monoisotopic (exact) mass is 349 g/mol. The van der Waals surface area contributed by atoms with E-state index in [2.05, 4.69) is 29.6 Å². The van der Waals surface area contributed by atoms with Crippen molar-refractivity contribution < 1.29 is 14.3 Å². The number of ether oxygens (including phenoxy) is 2. The normalized spacial score (nSPS) is 23.0. The molecule has 0 saturated heterocycles. The highest BCUT2D eigenvalue weighted by molar-refractivity contribution is 5.93.